The van der Waals surface area contributed by atoms with Gasteiger partial charge in [0, 0.05) is 31.3 Å². The summed E-state index contributed by atoms with van der Waals surface area (Å²) in [6.07, 6.45) is 1.11. The zero-order valence-corrected chi connectivity index (χ0v) is 35.6. The molecule has 0 saturated heterocycles. The Bertz CT molecular complexity index is 1960. The second kappa shape index (κ2) is 25.9. The molecule has 22 nitrogen and oxygen atoms in total. The second-order valence-corrected chi connectivity index (χ2v) is 15.5. The third-order valence-electron chi connectivity index (χ3n) is 8.78. The first kappa shape index (κ1) is 49.8. The predicted molar refractivity (Wildman–Crippen MR) is 228 cm³/mol. The highest BCUT2D eigenvalue weighted by Crippen LogP contribution is 2.31. The highest BCUT2D eigenvalue weighted by Gasteiger charge is 2.31. The second-order valence-electron chi connectivity index (χ2n) is 13.5. The Balaban J connectivity index is 1.64. The van der Waals surface area contributed by atoms with E-state index in [2.05, 4.69) is 41.2 Å². The van der Waals surface area contributed by atoms with Crippen molar-refractivity contribution in [2.24, 2.45) is 38.3 Å². The number of hydrogen-bond acceptors (Lipinski definition) is 15. The number of rotatable bonds is 27. The Hall–Kier alpha value is -5.56. The number of carboxylic acid groups (broad SMARTS) is 2. The zero-order valence-electron chi connectivity index (χ0n) is 33.9. The fraction of sp³-hybridized carbons (Fsp3) is 0.541. The van der Waals surface area contributed by atoms with Gasteiger partial charge in [-0.25, -0.2) is 14.8 Å². The number of nitrogens with zero attached hydrogens (tertiary/aromatic N) is 4. The first-order chi connectivity index (χ1) is 29.1. The van der Waals surface area contributed by atoms with E-state index in [1.165, 1.54) is 30.2 Å². The number of benzene rings is 1. The molecule has 0 fully saturated rings. The predicted octanol–water partition coefficient (Wildman–Crippen LogP) is -0.265. The maximum Gasteiger partial charge on any atom is 0.329 e. The van der Waals surface area contributed by atoms with Crippen molar-refractivity contribution in [3.63, 3.8) is 0 Å². The van der Waals surface area contributed by atoms with Gasteiger partial charge in [-0.2, -0.15) is 0 Å². The molecule has 0 saturated carbocycles. The number of fused-ring (bicyclic) bond motifs is 1. The summed E-state index contributed by atoms with van der Waals surface area (Å²) in [7, 11) is 1.54. The van der Waals surface area contributed by atoms with Crippen LogP contribution in [0.2, 0.25) is 0 Å². The topological polar surface area (TPSA) is 338 Å². The molecule has 0 aliphatic carbocycles. The van der Waals surface area contributed by atoms with E-state index in [0.29, 0.717) is 51.3 Å². The highest BCUT2D eigenvalue weighted by molar-refractivity contribution is 8.15. The number of carbonyl (C=O) groups is 7. The molecule has 24 heteroatoms. The summed E-state index contributed by atoms with van der Waals surface area (Å²) in [4.78, 5) is 105. The molecule has 1 aliphatic rings. The van der Waals surface area contributed by atoms with Crippen LogP contribution in [0.3, 0.4) is 0 Å². The van der Waals surface area contributed by atoms with Crippen molar-refractivity contribution in [2.75, 3.05) is 64.3 Å². The van der Waals surface area contributed by atoms with Gasteiger partial charge in [0.25, 0.3) is 5.91 Å². The van der Waals surface area contributed by atoms with Crippen LogP contribution in [0.5, 0.6) is 0 Å². The van der Waals surface area contributed by atoms with Gasteiger partial charge in [-0.1, -0.05) is 20.3 Å². The molecule has 0 bridgehead atoms. The molecular formula is C37H52N10O12S2. The van der Waals surface area contributed by atoms with Crippen LogP contribution in [-0.4, -0.2) is 151 Å². The van der Waals surface area contributed by atoms with Crippen LogP contribution in [-0.2, 0) is 47.8 Å². The van der Waals surface area contributed by atoms with E-state index in [0.717, 1.165) is 6.21 Å². The minimum absolute atomic E-state index is 0.0746. The van der Waals surface area contributed by atoms with Gasteiger partial charge in [0.05, 0.1) is 55.5 Å². The number of thiazole rings is 1. The maximum absolute atomic E-state index is 13.5. The number of guanidine groups is 1. The number of thioether (sulfide) groups is 1. The van der Waals surface area contributed by atoms with Gasteiger partial charge in [-0.05, 0) is 37.0 Å². The molecule has 334 valence electrons. The third kappa shape index (κ3) is 17.5. The summed E-state index contributed by atoms with van der Waals surface area (Å²) in [5.74, 6) is -7.55. The Morgan fingerprint density at radius 1 is 1.00 bits per heavy atom. The van der Waals surface area contributed by atoms with Crippen molar-refractivity contribution in [1.82, 2.24) is 20.9 Å². The standard InChI is InChI=1S/C37H52N10O12S2/c1-4-20(2)22(16-41-29(49)18-59-13-12-58-11-10-57-3)31(52)45-25(15-30(50)51)32(53)42-17-28(48)44-24(6-5-9-40-37(38)39)33(54)43-21-7-8-23-27(14-21)61-35(46-23)34-47-26(19-60-34)36(55)56/h7-8,14,16,20,22,24-26H,4-6,9-13,15,17-19H2,1-3H3,(H,42,53)(H,43,54)(H,44,48)(H,45,52)(H,50,51)(H,55,56)(H4,38,39,40)/t20-,22?,24-,25-,26+/m0/s1. The molecule has 3 rings (SSSR count). The molecular weight excluding hydrogens is 841 g/mol. The number of carbonyl (C=O) groups excluding carboxylic acids is 5. The molecule has 10 N–H and O–H groups in total. The fourth-order valence-electron chi connectivity index (χ4n) is 5.35. The molecule has 5 atom stereocenters. The SMILES string of the molecule is CC[C@H](C)C(C=NC(=O)COCCOCCOC)C(=O)N[C@@H](CC(=O)O)C(=O)NCC(=O)N[C@@H](CCCN=C(N)N)C(=O)Nc1ccc2nc(C3=N[C@@H](C(=O)O)CS3)sc2c1. The number of carboxylic acids is 2. The molecule has 2 heterocycles. The largest absolute Gasteiger partial charge is 0.481 e. The van der Waals surface area contributed by atoms with Crippen LogP contribution in [0.15, 0.2) is 33.2 Å². The van der Waals surface area contributed by atoms with Crippen LogP contribution >= 0.6 is 23.1 Å². The molecule has 1 unspecified atom stereocenters. The minimum atomic E-state index is -1.62. The lowest BCUT2D eigenvalue weighted by Gasteiger charge is -2.23. The summed E-state index contributed by atoms with van der Waals surface area (Å²) in [5, 5.41) is 29.9. The summed E-state index contributed by atoms with van der Waals surface area (Å²) in [6, 6.07) is 1.34. The lowest BCUT2D eigenvalue weighted by Crippen LogP contribution is -2.53. The van der Waals surface area contributed by atoms with Gasteiger partial charge in [-0.3, -0.25) is 38.8 Å². The first-order valence-corrected chi connectivity index (χ1v) is 20.9. The Labute approximate surface area is 359 Å². The van der Waals surface area contributed by atoms with E-state index in [4.69, 9.17) is 25.7 Å². The summed E-state index contributed by atoms with van der Waals surface area (Å²) in [5.41, 5.74) is 11.8. The fourth-order valence-corrected chi connectivity index (χ4v) is 7.45. The van der Waals surface area contributed by atoms with Crippen molar-refractivity contribution in [2.45, 2.75) is 57.7 Å². The van der Waals surface area contributed by atoms with Crippen LogP contribution in [0, 0.1) is 11.8 Å². The van der Waals surface area contributed by atoms with Gasteiger partial charge < -0.3 is 57.2 Å². The van der Waals surface area contributed by atoms with Crippen molar-refractivity contribution < 1.29 is 58.0 Å². The van der Waals surface area contributed by atoms with Gasteiger partial charge in [0.15, 0.2) is 12.0 Å². The van der Waals surface area contributed by atoms with E-state index >= 15 is 0 Å². The van der Waals surface area contributed by atoms with Gasteiger partial charge in [0.1, 0.15) is 28.7 Å². The normalized spacial score (nSPS) is 15.6. The van der Waals surface area contributed by atoms with Crippen LogP contribution in [0.25, 0.3) is 10.2 Å². The van der Waals surface area contributed by atoms with Crippen LogP contribution in [0.4, 0.5) is 5.69 Å². The zero-order chi connectivity index (χ0) is 44.9. The first-order valence-electron chi connectivity index (χ1n) is 19.1. The average molecular weight is 893 g/mol. The van der Waals surface area contributed by atoms with Crippen LogP contribution in [0.1, 0.15) is 44.5 Å². The highest BCUT2D eigenvalue weighted by atomic mass is 32.2. The molecule has 2 aromatic rings. The van der Waals surface area contributed by atoms with Gasteiger partial charge >= 0.3 is 11.9 Å². The lowest BCUT2D eigenvalue weighted by atomic mass is 9.91. The molecule has 0 radical (unpaired) electrons. The maximum atomic E-state index is 13.5. The Morgan fingerprint density at radius 3 is 2.41 bits per heavy atom. The molecule has 61 heavy (non-hydrogen) atoms. The van der Waals surface area contributed by atoms with Crippen LogP contribution < -0.4 is 32.7 Å². The minimum Gasteiger partial charge on any atom is -0.481 e. The number of nitrogens with one attached hydrogen (secondary N) is 4. The number of anilines is 1. The number of methoxy groups -OCH3 is 1. The van der Waals surface area contributed by atoms with Gasteiger partial charge in [0.2, 0.25) is 23.6 Å². The number of nitrogens with two attached hydrogens (primary N) is 2. The van der Waals surface area contributed by atoms with Crippen molar-refractivity contribution in [1.29, 1.82) is 0 Å². The van der Waals surface area contributed by atoms with Gasteiger partial charge in [-0.15, -0.1) is 23.1 Å². The molecule has 0 spiro atoms. The summed E-state index contributed by atoms with van der Waals surface area (Å²) < 4.78 is 16.1. The monoisotopic (exact) mass is 892 g/mol. The summed E-state index contributed by atoms with van der Waals surface area (Å²) in [6.45, 7) is 3.72. The number of aliphatic imine (C=N–C) groups is 3. The Kier molecular flexibility index (Phi) is 21.2. The number of ether oxygens (including phenoxy) is 3. The number of aromatic nitrogens is 1. The van der Waals surface area contributed by atoms with Crippen molar-refractivity contribution in [3.05, 3.63) is 23.2 Å². The summed E-state index contributed by atoms with van der Waals surface area (Å²) >= 11 is 2.56. The molecule has 1 aliphatic heterocycles. The molecule has 1 aromatic carbocycles. The van der Waals surface area contributed by atoms with Crippen molar-refractivity contribution >= 4 is 97.7 Å². The number of aliphatic carboxylic acids is 2. The molecule has 1 aromatic heterocycles. The molecule has 5 amide bonds. The van der Waals surface area contributed by atoms with E-state index in [1.54, 1.807) is 32.0 Å². The van der Waals surface area contributed by atoms with E-state index in [9.17, 15) is 43.8 Å². The quantitative estimate of drug-likeness (QED) is 0.0325. The Morgan fingerprint density at radius 2 is 1.74 bits per heavy atom. The van der Waals surface area contributed by atoms with E-state index in [-0.39, 0.29) is 51.1 Å². The van der Waals surface area contributed by atoms with E-state index < -0.39 is 78.5 Å². The van der Waals surface area contributed by atoms with Crippen molar-refractivity contribution in [3.8, 4) is 0 Å². The number of amides is 5. The number of hydrogen-bond donors (Lipinski definition) is 8. The average Bonchev–Trinajstić information content (AvgIpc) is 3.88. The lowest BCUT2D eigenvalue weighted by molar-refractivity contribution is -0.141. The van der Waals surface area contributed by atoms with E-state index in [1.807, 2.05) is 0 Å². The third-order valence-corrected chi connectivity index (χ3v) is 11.0. The smallest absolute Gasteiger partial charge is 0.329 e.